The minimum absolute atomic E-state index is 0.0293. The predicted octanol–water partition coefficient (Wildman–Crippen LogP) is 4.26. The third-order valence-electron chi connectivity index (χ3n) is 8.35. The van der Waals surface area contributed by atoms with E-state index in [4.69, 9.17) is 0 Å². The number of fused-ring (bicyclic) bond motifs is 2. The highest BCUT2D eigenvalue weighted by molar-refractivity contribution is 5.88. The topological polar surface area (TPSA) is 55.8 Å². The summed E-state index contributed by atoms with van der Waals surface area (Å²) in [6.07, 6.45) is 6.65. The molecule has 2 atom stereocenters. The van der Waals surface area contributed by atoms with Crippen molar-refractivity contribution in [1.82, 2.24) is 9.80 Å². The van der Waals surface area contributed by atoms with Crippen molar-refractivity contribution in [3.05, 3.63) is 65.3 Å². The molecule has 2 unspecified atom stereocenters. The number of alkyl halides is 1. The number of amides is 1. The number of aliphatic hydroxyl groups excluding tert-OH is 1. The molecule has 1 aromatic rings. The van der Waals surface area contributed by atoms with Gasteiger partial charge in [0.1, 0.15) is 17.8 Å². The van der Waals surface area contributed by atoms with Crippen LogP contribution in [0.3, 0.4) is 0 Å². The van der Waals surface area contributed by atoms with Gasteiger partial charge in [0.05, 0.1) is 11.8 Å². The first kappa shape index (κ1) is 25.1. The number of allylic oxidation sites excluding steroid dienone is 5. The van der Waals surface area contributed by atoms with Gasteiger partial charge in [-0.15, -0.1) is 0 Å². The average Bonchev–Trinajstić information content (AvgIpc) is 3.23. The Balaban J connectivity index is 1.08. The van der Waals surface area contributed by atoms with E-state index >= 15 is 0 Å². The molecule has 5 nitrogen and oxygen atoms in total. The van der Waals surface area contributed by atoms with Crippen molar-refractivity contribution in [2.75, 3.05) is 44.6 Å². The summed E-state index contributed by atoms with van der Waals surface area (Å²) in [6.45, 7) is 4.20. The Morgan fingerprint density at radius 3 is 2.67 bits per heavy atom. The van der Waals surface area contributed by atoms with Crippen LogP contribution in [0.15, 0.2) is 53.9 Å². The molecule has 36 heavy (non-hydrogen) atoms. The number of piperidine rings is 2. The van der Waals surface area contributed by atoms with Crippen LogP contribution in [-0.4, -0.2) is 72.4 Å². The summed E-state index contributed by atoms with van der Waals surface area (Å²) in [7, 11) is 0. The number of benzene rings is 1. The Bertz CT molecular complexity index is 1070. The number of para-hydroxylation sites is 1. The van der Waals surface area contributed by atoms with E-state index in [-0.39, 0.29) is 29.5 Å². The van der Waals surface area contributed by atoms with E-state index in [9.17, 15) is 23.1 Å². The van der Waals surface area contributed by atoms with Crippen LogP contribution in [0.5, 0.6) is 0 Å². The number of hydrogen-bond donors (Lipinski definition) is 2. The smallest absolute Gasteiger partial charge is 0.246 e. The Morgan fingerprint density at radius 2 is 1.94 bits per heavy atom. The Kier molecular flexibility index (Phi) is 7.26. The largest absolute Gasteiger partial charge is 0.392 e. The third kappa shape index (κ3) is 5.25. The molecule has 3 heterocycles. The van der Waals surface area contributed by atoms with Crippen LogP contribution in [0.1, 0.15) is 37.7 Å². The number of aliphatic hydroxyl groups is 1. The van der Waals surface area contributed by atoms with Crippen LogP contribution in [0.2, 0.25) is 0 Å². The SMILES string of the molecule is O=C(/C=C/C1=CC(F)CC(F)=C1)N1CCC(C(O)CN2CCC3(CC2)CNc2c(F)cccc23)CC1. The Labute approximate surface area is 210 Å². The minimum Gasteiger partial charge on any atom is -0.392 e. The van der Waals surface area contributed by atoms with E-state index in [1.165, 1.54) is 30.4 Å². The van der Waals surface area contributed by atoms with Gasteiger partial charge in [0.2, 0.25) is 5.91 Å². The molecule has 0 saturated carbocycles. The zero-order valence-corrected chi connectivity index (χ0v) is 20.4. The van der Waals surface area contributed by atoms with Crippen molar-refractivity contribution in [2.45, 2.75) is 49.8 Å². The van der Waals surface area contributed by atoms with Gasteiger partial charge in [-0.2, -0.15) is 0 Å². The van der Waals surface area contributed by atoms with Crippen LogP contribution in [-0.2, 0) is 10.2 Å². The Hall–Kier alpha value is -2.58. The molecular weight excluding hydrogens is 467 g/mol. The van der Waals surface area contributed by atoms with Gasteiger partial charge in [-0.25, -0.2) is 13.2 Å². The van der Waals surface area contributed by atoms with Gasteiger partial charge in [0.25, 0.3) is 0 Å². The summed E-state index contributed by atoms with van der Waals surface area (Å²) in [5, 5.41) is 14.2. The molecule has 0 bridgehead atoms. The number of β-amino-alcohol motifs (C(OH)–C–C–N with tert-alkyl or cyclic N) is 1. The van der Waals surface area contributed by atoms with Gasteiger partial charge >= 0.3 is 0 Å². The monoisotopic (exact) mass is 501 g/mol. The molecule has 1 spiro atoms. The summed E-state index contributed by atoms with van der Waals surface area (Å²) < 4.78 is 41.0. The van der Waals surface area contributed by atoms with Crippen LogP contribution >= 0.6 is 0 Å². The molecule has 1 aliphatic carbocycles. The van der Waals surface area contributed by atoms with Crippen molar-refractivity contribution < 1.29 is 23.1 Å². The van der Waals surface area contributed by atoms with Gasteiger partial charge in [0.15, 0.2) is 0 Å². The predicted molar refractivity (Wildman–Crippen MR) is 133 cm³/mol. The van der Waals surface area contributed by atoms with E-state index in [2.05, 4.69) is 10.2 Å². The quantitative estimate of drug-likeness (QED) is 0.592. The summed E-state index contributed by atoms with van der Waals surface area (Å²) in [5.74, 6) is -0.758. The van der Waals surface area contributed by atoms with Crippen LogP contribution in [0.4, 0.5) is 18.9 Å². The summed E-state index contributed by atoms with van der Waals surface area (Å²) in [6, 6.07) is 5.32. The zero-order valence-electron chi connectivity index (χ0n) is 20.4. The number of rotatable bonds is 5. The number of carbonyl (C=O) groups excluding carboxylic acids is 1. The van der Waals surface area contributed by atoms with Crippen LogP contribution < -0.4 is 5.32 Å². The molecule has 5 rings (SSSR count). The standard InChI is InChI=1S/C28H34F3N3O2/c29-21-14-19(15-22(30)16-21)4-5-26(36)34-10-6-20(7-11-34)25(35)17-33-12-8-28(9-13-33)18-32-27-23(28)2-1-3-24(27)31/h1-5,14-15,20-21,25,32,35H,6-13,16-18H2/b5-4+. The van der Waals surface area contributed by atoms with Crippen molar-refractivity contribution >= 4 is 11.6 Å². The van der Waals surface area contributed by atoms with Gasteiger partial charge < -0.3 is 20.2 Å². The second-order valence-electron chi connectivity index (χ2n) is 10.6. The Morgan fingerprint density at radius 1 is 1.19 bits per heavy atom. The van der Waals surface area contributed by atoms with Crippen molar-refractivity contribution in [2.24, 2.45) is 5.92 Å². The molecule has 194 valence electrons. The molecule has 4 aliphatic rings. The van der Waals surface area contributed by atoms with Crippen molar-refractivity contribution in [3.8, 4) is 0 Å². The molecule has 2 fully saturated rings. The highest BCUT2D eigenvalue weighted by Gasteiger charge is 2.42. The average molecular weight is 502 g/mol. The number of halogens is 3. The fraction of sp³-hybridized carbons (Fsp3) is 0.536. The first-order chi connectivity index (χ1) is 17.3. The van der Waals surface area contributed by atoms with E-state index in [1.54, 1.807) is 11.0 Å². The number of nitrogens with zero attached hydrogens (tertiary/aromatic N) is 2. The van der Waals surface area contributed by atoms with Crippen molar-refractivity contribution in [3.63, 3.8) is 0 Å². The van der Waals surface area contributed by atoms with Crippen LogP contribution in [0, 0.1) is 11.7 Å². The van der Waals surface area contributed by atoms with Gasteiger partial charge in [-0.1, -0.05) is 12.1 Å². The highest BCUT2D eigenvalue weighted by Crippen LogP contribution is 2.45. The molecule has 1 aromatic carbocycles. The van der Waals surface area contributed by atoms with Crippen LogP contribution in [0.25, 0.3) is 0 Å². The third-order valence-corrected chi connectivity index (χ3v) is 8.35. The van der Waals surface area contributed by atoms with Gasteiger partial charge in [-0.3, -0.25) is 4.79 Å². The van der Waals surface area contributed by atoms with E-state index in [1.807, 2.05) is 6.07 Å². The zero-order chi connectivity index (χ0) is 25.3. The summed E-state index contributed by atoms with van der Waals surface area (Å²) >= 11 is 0. The highest BCUT2D eigenvalue weighted by atomic mass is 19.1. The number of likely N-dealkylation sites (tertiary alicyclic amines) is 2. The number of carbonyl (C=O) groups is 1. The lowest BCUT2D eigenvalue weighted by Gasteiger charge is -2.41. The maximum Gasteiger partial charge on any atom is 0.246 e. The maximum absolute atomic E-state index is 14.2. The number of anilines is 1. The normalized spacial score (nSPS) is 25.4. The molecule has 3 aliphatic heterocycles. The lowest BCUT2D eigenvalue weighted by Crippen LogP contribution is -2.48. The van der Waals surface area contributed by atoms with E-state index in [0.29, 0.717) is 30.9 Å². The molecule has 8 heteroatoms. The molecule has 0 radical (unpaired) electrons. The number of nitrogens with one attached hydrogen (secondary N) is 1. The lowest BCUT2D eigenvalue weighted by atomic mass is 9.74. The van der Waals surface area contributed by atoms with E-state index in [0.717, 1.165) is 50.9 Å². The van der Waals surface area contributed by atoms with Gasteiger partial charge in [0, 0.05) is 44.1 Å². The second-order valence-corrected chi connectivity index (χ2v) is 10.6. The van der Waals surface area contributed by atoms with Gasteiger partial charge in [-0.05, 0) is 80.1 Å². The minimum atomic E-state index is -1.36. The van der Waals surface area contributed by atoms with E-state index < -0.39 is 18.1 Å². The first-order valence-electron chi connectivity index (χ1n) is 13.0. The van der Waals surface area contributed by atoms with Crippen molar-refractivity contribution in [1.29, 1.82) is 0 Å². The lowest BCUT2D eigenvalue weighted by molar-refractivity contribution is -0.128. The molecule has 0 aromatic heterocycles. The molecule has 2 saturated heterocycles. The fourth-order valence-corrected chi connectivity index (χ4v) is 6.15. The number of hydrogen-bond acceptors (Lipinski definition) is 4. The second kappa shape index (κ2) is 10.4. The maximum atomic E-state index is 14.2. The first-order valence-corrected chi connectivity index (χ1v) is 13.0. The molecular formula is C28H34F3N3O2. The summed E-state index contributed by atoms with van der Waals surface area (Å²) in [5.41, 5.74) is 2.07. The molecule has 2 N–H and O–H groups in total. The molecule has 1 amide bonds. The summed E-state index contributed by atoms with van der Waals surface area (Å²) in [4.78, 5) is 16.6. The fourth-order valence-electron chi connectivity index (χ4n) is 6.15.